The molecule has 0 aromatic carbocycles. The highest BCUT2D eigenvalue weighted by Crippen LogP contribution is 2.07. The molecule has 1 N–H and O–H groups in total. The zero-order valence-electron chi connectivity index (χ0n) is 6.42. The minimum absolute atomic E-state index is 0.140. The zero-order valence-corrected chi connectivity index (χ0v) is 6.42. The molecule has 0 radical (unpaired) electrons. The third-order valence-corrected chi connectivity index (χ3v) is 1.69. The average Bonchev–Trinajstić information content (AvgIpc) is 1.88. The first kappa shape index (κ1) is 7.32. The molecule has 0 aliphatic carbocycles. The normalized spacial score (nSPS) is 25.1. The van der Waals surface area contributed by atoms with Gasteiger partial charge in [-0.15, -0.1) is 0 Å². The standard InChI is InChI=1S/C8H13NO/c1-6(2)7-4-3-5-8(10)9-7/h3-4,6-7H,5H2,1-2H3,(H,9,10)/t7-/m1/s1. The van der Waals surface area contributed by atoms with E-state index in [9.17, 15) is 4.79 Å². The number of hydrogen-bond donors (Lipinski definition) is 1. The quantitative estimate of drug-likeness (QED) is 0.541. The number of rotatable bonds is 1. The van der Waals surface area contributed by atoms with E-state index in [4.69, 9.17) is 0 Å². The predicted octanol–water partition coefficient (Wildman–Crippen LogP) is 1.09. The molecule has 0 aromatic rings. The summed E-state index contributed by atoms with van der Waals surface area (Å²) in [5, 5.41) is 2.89. The maximum Gasteiger partial charge on any atom is 0.224 e. The van der Waals surface area contributed by atoms with E-state index in [1.165, 1.54) is 0 Å². The van der Waals surface area contributed by atoms with Gasteiger partial charge in [0.15, 0.2) is 0 Å². The maximum absolute atomic E-state index is 10.8. The smallest absolute Gasteiger partial charge is 0.224 e. The molecule has 0 aromatic heterocycles. The first-order valence-electron chi connectivity index (χ1n) is 3.66. The van der Waals surface area contributed by atoms with Crippen LogP contribution in [0.2, 0.25) is 0 Å². The number of carbonyl (C=O) groups excluding carboxylic acids is 1. The van der Waals surface area contributed by atoms with E-state index in [0.717, 1.165) is 0 Å². The highest BCUT2D eigenvalue weighted by molar-refractivity contribution is 5.79. The number of carbonyl (C=O) groups is 1. The van der Waals surface area contributed by atoms with E-state index in [1.807, 2.05) is 6.08 Å². The van der Waals surface area contributed by atoms with E-state index in [-0.39, 0.29) is 11.9 Å². The molecule has 2 nitrogen and oxygen atoms in total. The molecule has 0 bridgehead atoms. The highest BCUT2D eigenvalue weighted by atomic mass is 16.1. The molecule has 1 aliphatic heterocycles. The highest BCUT2D eigenvalue weighted by Gasteiger charge is 2.15. The first-order chi connectivity index (χ1) is 4.70. The van der Waals surface area contributed by atoms with Crippen LogP contribution in [0, 0.1) is 5.92 Å². The second kappa shape index (κ2) is 2.86. The third kappa shape index (κ3) is 1.59. The van der Waals surface area contributed by atoms with Crippen LogP contribution in [-0.4, -0.2) is 11.9 Å². The Bertz CT molecular complexity index is 161. The summed E-state index contributed by atoms with van der Waals surface area (Å²) < 4.78 is 0. The molecule has 1 amide bonds. The summed E-state index contributed by atoms with van der Waals surface area (Å²) in [5.41, 5.74) is 0. The van der Waals surface area contributed by atoms with Crippen LogP contribution in [0.3, 0.4) is 0 Å². The van der Waals surface area contributed by atoms with Gasteiger partial charge in [-0.3, -0.25) is 4.79 Å². The Kier molecular flexibility index (Phi) is 2.10. The molecular weight excluding hydrogens is 126 g/mol. The van der Waals surface area contributed by atoms with Gasteiger partial charge in [0.2, 0.25) is 5.91 Å². The molecule has 56 valence electrons. The summed E-state index contributed by atoms with van der Waals surface area (Å²) in [6.45, 7) is 4.20. The summed E-state index contributed by atoms with van der Waals surface area (Å²) >= 11 is 0. The molecular formula is C8H13NO. The second-order valence-corrected chi connectivity index (χ2v) is 2.97. The van der Waals surface area contributed by atoms with Crippen LogP contribution in [-0.2, 0) is 4.79 Å². The van der Waals surface area contributed by atoms with Crippen LogP contribution in [0.5, 0.6) is 0 Å². The molecule has 0 spiro atoms. The molecule has 1 atom stereocenters. The summed E-state index contributed by atoms with van der Waals surface area (Å²) in [7, 11) is 0. The minimum Gasteiger partial charge on any atom is -0.349 e. The van der Waals surface area contributed by atoms with Crippen LogP contribution in [0.4, 0.5) is 0 Å². The summed E-state index contributed by atoms with van der Waals surface area (Å²) in [6, 6.07) is 0.251. The van der Waals surface area contributed by atoms with Gasteiger partial charge in [0.1, 0.15) is 0 Å². The van der Waals surface area contributed by atoms with Crippen molar-refractivity contribution in [1.82, 2.24) is 5.32 Å². The summed E-state index contributed by atoms with van der Waals surface area (Å²) in [5.74, 6) is 0.640. The average molecular weight is 139 g/mol. The van der Waals surface area contributed by atoms with Gasteiger partial charge in [0.25, 0.3) is 0 Å². The first-order valence-corrected chi connectivity index (χ1v) is 3.66. The van der Waals surface area contributed by atoms with Crippen LogP contribution in [0.1, 0.15) is 20.3 Å². The molecule has 1 rings (SSSR count). The molecule has 0 saturated heterocycles. The Morgan fingerprint density at radius 2 is 2.40 bits per heavy atom. The molecule has 0 saturated carbocycles. The van der Waals surface area contributed by atoms with Gasteiger partial charge >= 0.3 is 0 Å². The lowest BCUT2D eigenvalue weighted by Gasteiger charge is -2.21. The summed E-state index contributed by atoms with van der Waals surface area (Å²) in [6.07, 6.45) is 4.54. The van der Waals surface area contributed by atoms with E-state index < -0.39 is 0 Å². The fraction of sp³-hybridized carbons (Fsp3) is 0.625. The van der Waals surface area contributed by atoms with Crippen molar-refractivity contribution in [2.45, 2.75) is 26.3 Å². The van der Waals surface area contributed by atoms with Crippen molar-refractivity contribution in [2.75, 3.05) is 0 Å². The molecule has 2 heteroatoms. The third-order valence-electron chi connectivity index (χ3n) is 1.69. The SMILES string of the molecule is CC(C)[C@H]1C=CCC(=O)N1. The van der Waals surface area contributed by atoms with Crippen molar-refractivity contribution in [3.63, 3.8) is 0 Å². The van der Waals surface area contributed by atoms with Crippen LogP contribution < -0.4 is 5.32 Å². The Labute approximate surface area is 61.3 Å². The van der Waals surface area contributed by atoms with Gasteiger partial charge in [-0.25, -0.2) is 0 Å². The van der Waals surface area contributed by atoms with Crippen LogP contribution >= 0.6 is 0 Å². The number of amides is 1. The lowest BCUT2D eigenvalue weighted by molar-refractivity contribution is -0.121. The second-order valence-electron chi connectivity index (χ2n) is 2.97. The molecule has 1 heterocycles. The number of hydrogen-bond acceptors (Lipinski definition) is 1. The van der Waals surface area contributed by atoms with Crippen molar-refractivity contribution in [3.05, 3.63) is 12.2 Å². The predicted molar refractivity (Wildman–Crippen MR) is 40.5 cm³/mol. The van der Waals surface area contributed by atoms with Gasteiger partial charge in [-0.05, 0) is 5.92 Å². The Morgan fingerprint density at radius 1 is 1.70 bits per heavy atom. The van der Waals surface area contributed by atoms with Crippen LogP contribution in [0.15, 0.2) is 12.2 Å². The van der Waals surface area contributed by atoms with Crippen LogP contribution in [0.25, 0.3) is 0 Å². The van der Waals surface area contributed by atoms with Gasteiger partial charge in [-0.1, -0.05) is 26.0 Å². The molecule has 10 heavy (non-hydrogen) atoms. The van der Waals surface area contributed by atoms with Crippen molar-refractivity contribution in [1.29, 1.82) is 0 Å². The maximum atomic E-state index is 10.8. The zero-order chi connectivity index (χ0) is 7.56. The number of nitrogens with one attached hydrogen (secondary N) is 1. The summed E-state index contributed by atoms with van der Waals surface area (Å²) in [4.78, 5) is 10.8. The Morgan fingerprint density at radius 3 is 2.80 bits per heavy atom. The molecule has 0 unspecified atom stereocenters. The fourth-order valence-electron chi connectivity index (χ4n) is 1.00. The molecule has 0 fully saturated rings. The van der Waals surface area contributed by atoms with Gasteiger partial charge in [0.05, 0.1) is 0 Å². The van der Waals surface area contributed by atoms with E-state index in [1.54, 1.807) is 0 Å². The minimum atomic E-state index is 0.140. The van der Waals surface area contributed by atoms with E-state index >= 15 is 0 Å². The van der Waals surface area contributed by atoms with Crippen molar-refractivity contribution in [3.8, 4) is 0 Å². The largest absolute Gasteiger partial charge is 0.349 e. The van der Waals surface area contributed by atoms with E-state index in [2.05, 4.69) is 25.2 Å². The topological polar surface area (TPSA) is 29.1 Å². The van der Waals surface area contributed by atoms with E-state index in [0.29, 0.717) is 12.3 Å². The van der Waals surface area contributed by atoms with Crippen molar-refractivity contribution in [2.24, 2.45) is 5.92 Å². The van der Waals surface area contributed by atoms with Crippen molar-refractivity contribution >= 4 is 5.91 Å². The molecule has 1 aliphatic rings. The monoisotopic (exact) mass is 139 g/mol. The van der Waals surface area contributed by atoms with Crippen molar-refractivity contribution < 1.29 is 4.79 Å². The Hall–Kier alpha value is -0.790. The fourth-order valence-corrected chi connectivity index (χ4v) is 1.00. The van der Waals surface area contributed by atoms with Gasteiger partial charge in [-0.2, -0.15) is 0 Å². The lowest BCUT2D eigenvalue weighted by atomic mass is 10.0. The van der Waals surface area contributed by atoms with Gasteiger partial charge in [0, 0.05) is 12.5 Å². The Balaban J connectivity index is 2.55. The van der Waals surface area contributed by atoms with Gasteiger partial charge < -0.3 is 5.32 Å². The lowest BCUT2D eigenvalue weighted by Crippen LogP contribution is -2.39.